The van der Waals surface area contributed by atoms with Crippen LogP contribution in [0, 0.1) is 0 Å². The second-order valence-corrected chi connectivity index (χ2v) is 7.47. The summed E-state index contributed by atoms with van der Waals surface area (Å²) in [5.41, 5.74) is 1.39. The Balaban J connectivity index is 2.27. The zero-order chi connectivity index (χ0) is 17.7. The highest BCUT2D eigenvalue weighted by Crippen LogP contribution is 2.25. The Morgan fingerprint density at radius 1 is 1.33 bits per heavy atom. The maximum atomic E-state index is 12.8. The number of aliphatic carboxylic acids is 1. The highest BCUT2D eigenvalue weighted by atomic mass is 32.2. The summed E-state index contributed by atoms with van der Waals surface area (Å²) in [6, 6.07) is 5.24. The van der Waals surface area contributed by atoms with Crippen molar-refractivity contribution >= 4 is 21.7 Å². The van der Waals surface area contributed by atoms with E-state index in [9.17, 15) is 18.3 Å². The Bertz CT molecular complexity index is 712. The van der Waals surface area contributed by atoms with E-state index in [1.54, 1.807) is 19.1 Å². The first-order valence-electron chi connectivity index (χ1n) is 7.89. The molecule has 132 valence electrons. The molecule has 0 saturated carbocycles. The summed E-state index contributed by atoms with van der Waals surface area (Å²) in [4.78, 5) is 16.4. The predicted molar refractivity (Wildman–Crippen MR) is 89.4 cm³/mol. The summed E-state index contributed by atoms with van der Waals surface area (Å²) in [5.74, 6) is -1.10. The number of sulfonamides is 1. The first-order chi connectivity index (χ1) is 11.4. The van der Waals surface area contributed by atoms with Gasteiger partial charge in [0.15, 0.2) is 0 Å². The van der Waals surface area contributed by atoms with Crippen LogP contribution in [0.5, 0.6) is 0 Å². The number of oxime groups is 1. The molecule has 1 aromatic carbocycles. The third-order valence-electron chi connectivity index (χ3n) is 3.95. The van der Waals surface area contributed by atoms with Crippen LogP contribution in [0.1, 0.15) is 38.7 Å². The van der Waals surface area contributed by atoms with Crippen LogP contribution in [0.25, 0.3) is 0 Å². The number of piperidine rings is 1. The number of nitrogens with zero attached hydrogens (tertiary/aromatic N) is 2. The van der Waals surface area contributed by atoms with E-state index < -0.39 is 22.0 Å². The number of hydrogen-bond acceptors (Lipinski definition) is 5. The molecule has 1 aliphatic rings. The molecule has 1 heterocycles. The lowest BCUT2D eigenvalue weighted by molar-refractivity contribution is -0.142. The third-order valence-corrected chi connectivity index (χ3v) is 5.87. The van der Waals surface area contributed by atoms with Crippen LogP contribution >= 0.6 is 0 Å². The van der Waals surface area contributed by atoms with Gasteiger partial charge in [-0.3, -0.25) is 4.79 Å². The van der Waals surface area contributed by atoms with Gasteiger partial charge in [-0.2, -0.15) is 4.31 Å². The minimum Gasteiger partial charge on any atom is -0.480 e. The van der Waals surface area contributed by atoms with Gasteiger partial charge >= 0.3 is 5.97 Å². The maximum Gasteiger partial charge on any atom is 0.322 e. The topological polar surface area (TPSA) is 96.3 Å². The molecule has 2 rings (SSSR count). The smallest absolute Gasteiger partial charge is 0.322 e. The Morgan fingerprint density at radius 3 is 2.58 bits per heavy atom. The molecule has 1 atom stereocenters. The van der Waals surface area contributed by atoms with E-state index in [1.807, 2.05) is 6.92 Å². The Hall–Kier alpha value is -1.93. The molecular weight excluding hydrogens is 332 g/mol. The summed E-state index contributed by atoms with van der Waals surface area (Å²) < 4.78 is 26.6. The number of rotatable bonds is 6. The van der Waals surface area contributed by atoms with Crippen LogP contribution in [0.3, 0.4) is 0 Å². The Morgan fingerprint density at radius 2 is 2.00 bits per heavy atom. The first-order valence-corrected chi connectivity index (χ1v) is 9.33. The molecule has 1 saturated heterocycles. The molecule has 1 aromatic rings. The van der Waals surface area contributed by atoms with Gasteiger partial charge in [-0.25, -0.2) is 8.42 Å². The molecule has 0 spiro atoms. The van der Waals surface area contributed by atoms with Crippen LogP contribution in [-0.4, -0.2) is 48.7 Å². The van der Waals surface area contributed by atoms with E-state index in [1.165, 1.54) is 12.1 Å². The minimum atomic E-state index is -3.83. The summed E-state index contributed by atoms with van der Waals surface area (Å²) in [6.07, 6.45) is 1.73. The van der Waals surface area contributed by atoms with Gasteiger partial charge in [0.1, 0.15) is 12.6 Å². The second kappa shape index (κ2) is 7.76. The molecule has 0 aliphatic carbocycles. The molecule has 8 heteroatoms. The van der Waals surface area contributed by atoms with E-state index in [-0.39, 0.29) is 11.4 Å². The van der Waals surface area contributed by atoms with Crippen molar-refractivity contribution in [1.29, 1.82) is 0 Å². The number of carboxylic acid groups (broad SMARTS) is 1. The van der Waals surface area contributed by atoms with E-state index in [0.29, 0.717) is 25.2 Å². The van der Waals surface area contributed by atoms with E-state index in [4.69, 9.17) is 4.84 Å². The molecule has 0 aromatic heterocycles. The largest absolute Gasteiger partial charge is 0.480 e. The van der Waals surface area contributed by atoms with Crippen LogP contribution in [0.2, 0.25) is 0 Å². The molecular formula is C16H22N2O5S. The van der Waals surface area contributed by atoms with Crippen molar-refractivity contribution in [3.8, 4) is 0 Å². The van der Waals surface area contributed by atoms with Crippen molar-refractivity contribution in [3.63, 3.8) is 0 Å². The van der Waals surface area contributed by atoms with Gasteiger partial charge in [0.2, 0.25) is 10.0 Å². The highest BCUT2D eigenvalue weighted by Gasteiger charge is 2.37. The van der Waals surface area contributed by atoms with E-state index in [2.05, 4.69) is 5.16 Å². The van der Waals surface area contributed by atoms with Crippen molar-refractivity contribution in [2.45, 2.75) is 44.0 Å². The molecule has 0 amide bonds. The fraction of sp³-hybridized carbons (Fsp3) is 0.500. The molecule has 7 nitrogen and oxygen atoms in total. The Labute approximate surface area is 142 Å². The second-order valence-electron chi connectivity index (χ2n) is 5.58. The van der Waals surface area contributed by atoms with Gasteiger partial charge in [-0.15, -0.1) is 0 Å². The van der Waals surface area contributed by atoms with Gasteiger partial charge in [-0.1, -0.05) is 17.3 Å². The molecule has 1 N–H and O–H groups in total. The van der Waals surface area contributed by atoms with Gasteiger partial charge in [0.25, 0.3) is 0 Å². The molecule has 1 fully saturated rings. The Kier molecular flexibility index (Phi) is 5.95. The first kappa shape index (κ1) is 18.4. The average Bonchev–Trinajstić information content (AvgIpc) is 2.59. The SMILES string of the molecule is CCON=C(C)c1ccc(S(=O)(=O)N2CCCC[C@H]2C(=O)O)cc1. The summed E-state index contributed by atoms with van der Waals surface area (Å²) in [7, 11) is -3.83. The monoisotopic (exact) mass is 354 g/mol. The van der Waals surface area contributed by atoms with Crippen molar-refractivity contribution in [3.05, 3.63) is 29.8 Å². The minimum absolute atomic E-state index is 0.0867. The highest BCUT2D eigenvalue weighted by molar-refractivity contribution is 7.89. The quantitative estimate of drug-likeness (QED) is 0.623. The van der Waals surface area contributed by atoms with Crippen molar-refractivity contribution < 1.29 is 23.2 Å². The lowest BCUT2D eigenvalue weighted by Gasteiger charge is -2.31. The van der Waals surface area contributed by atoms with Gasteiger partial charge in [0.05, 0.1) is 10.6 Å². The van der Waals surface area contributed by atoms with Crippen molar-refractivity contribution in [2.75, 3.05) is 13.2 Å². The predicted octanol–water partition coefficient (Wildman–Crippen LogP) is 2.07. The van der Waals surface area contributed by atoms with Gasteiger partial charge in [0, 0.05) is 6.54 Å². The van der Waals surface area contributed by atoms with E-state index >= 15 is 0 Å². The standard InChI is InChI=1S/C16H22N2O5S/c1-3-23-17-12(2)13-7-9-14(10-8-13)24(21,22)18-11-5-4-6-15(18)16(19)20/h7-10,15H,3-6,11H2,1-2H3,(H,19,20)/t15-/m0/s1. The molecule has 0 unspecified atom stereocenters. The molecule has 1 aliphatic heterocycles. The fourth-order valence-corrected chi connectivity index (χ4v) is 4.31. The van der Waals surface area contributed by atoms with Crippen LogP contribution < -0.4 is 0 Å². The molecule has 0 bridgehead atoms. The van der Waals surface area contributed by atoms with Crippen LogP contribution in [-0.2, 0) is 19.7 Å². The molecule has 0 radical (unpaired) electrons. The number of carboxylic acids is 1. The lowest BCUT2D eigenvalue weighted by atomic mass is 10.1. The maximum absolute atomic E-state index is 12.8. The van der Waals surface area contributed by atoms with E-state index in [0.717, 1.165) is 16.3 Å². The van der Waals surface area contributed by atoms with Crippen LogP contribution in [0.15, 0.2) is 34.3 Å². The number of carbonyl (C=O) groups is 1. The fourth-order valence-electron chi connectivity index (χ4n) is 2.66. The summed E-state index contributed by atoms with van der Waals surface area (Å²) in [5, 5.41) is 13.2. The van der Waals surface area contributed by atoms with Crippen molar-refractivity contribution in [2.24, 2.45) is 5.16 Å². The summed E-state index contributed by atoms with van der Waals surface area (Å²) >= 11 is 0. The third kappa shape index (κ3) is 3.93. The average molecular weight is 354 g/mol. The zero-order valence-electron chi connectivity index (χ0n) is 13.8. The van der Waals surface area contributed by atoms with Crippen LogP contribution in [0.4, 0.5) is 0 Å². The summed E-state index contributed by atoms with van der Waals surface area (Å²) in [6.45, 7) is 4.27. The number of benzene rings is 1. The molecule has 24 heavy (non-hydrogen) atoms. The van der Waals surface area contributed by atoms with Crippen molar-refractivity contribution in [1.82, 2.24) is 4.31 Å². The van der Waals surface area contributed by atoms with Gasteiger partial charge in [-0.05, 0) is 50.8 Å². The normalized spacial score (nSPS) is 19.9. The number of hydrogen-bond donors (Lipinski definition) is 1. The van der Waals surface area contributed by atoms with Gasteiger partial charge < -0.3 is 9.94 Å². The lowest BCUT2D eigenvalue weighted by Crippen LogP contribution is -2.47. The zero-order valence-corrected chi connectivity index (χ0v) is 14.6.